The van der Waals surface area contributed by atoms with Crippen LogP contribution in [0.5, 0.6) is 0 Å². The Morgan fingerprint density at radius 2 is 2.13 bits per heavy atom. The molecule has 1 amide bonds. The Hall–Kier alpha value is -0.680. The number of benzene rings is 1. The molecule has 1 aliphatic rings. The fourth-order valence-electron chi connectivity index (χ4n) is 1.56. The van der Waals surface area contributed by atoms with E-state index in [1.807, 2.05) is 19.9 Å². The highest BCUT2D eigenvalue weighted by Crippen LogP contribution is 2.31. The number of rotatable bonds is 1. The van der Waals surface area contributed by atoms with Crippen molar-refractivity contribution in [3.05, 3.63) is 27.7 Å². The number of carbonyl (C=O) groups is 1. The molecule has 1 heterocycles. The van der Waals surface area contributed by atoms with Gasteiger partial charge in [-0.2, -0.15) is 0 Å². The Morgan fingerprint density at radius 1 is 1.47 bits per heavy atom. The van der Waals surface area contributed by atoms with Crippen molar-refractivity contribution < 1.29 is 9.00 Å². The predicted octanol–water partition coefficient (Wildman–Crippen LogP) is 2.26. The van der Waals surface area contributed by atoms with Crippen LogP contribution in [-0.2, 0) is 11.0 Å². The van der Waals surface area contributed by atoms with Gasteiger partial charge in [0.15, 0.2) is 11.0 Å². The highest BCUT2D eigenvalue weighted by molar-refractivity contribution is 9.10. The van der Waals surface area contributed by atoms with Crippen LogP contribution in [0.4, 0.5) is 0 Å². The summed E-state index contributed by atoms with van der Waals surface area (Å²) in [6.45, 7) is 4.21. The molecule has 0 saturated carbocycles. The summed E-state index contributed by atoms with van der Waals surface area (Å²) in [5, 5.41) is 0. The van der Waals surface area contributed by atoms with Gasteiger partial charge in [0.25, 0.3) is 5.91 Å². The molecular weight excluding hydrogens is 278 g/mol. The van der Waals surface area contributed by atoms with Crippen LogP contribution in [0, 0.1) is 6.92 Å². The van der Waals surface area contributed by atoms with Crippen molar-refractivity contribution in [2.75, 3.05) is 6.54 Å². The van der Waals surface area contributed by atoms with E-state index in [2.05, 4.69) is 15.9 Å². The Balaban J connectivity index is 2.63. The second kappa shape index (κ2) is 3.72. The van der Waals surface area contributed by atoms with Gasteiger partial charge in [-0.25, -0.2) is 4.21 Å². The highest BCUT2D eigenvalue weighted by Gasteiger charge is 2.33. The molecule has 0 spiro atoms. The standard InChI is InChI=1S/C10H10BrNO2S/c1-3-12-10(13)7-5-8(11)6(2)4-9(7)15(12)14/h4-5H,3H2,1-2H3. The fraction of sp³-hybridized carbons (Fsp3) is 0.300. The smallest absolute Gasteiger partial charge is 0.267 e. The van der Waals surface area contributed by atoms with E-state index in [1.165, 1.54) is 4.31 Å². The third-order valence-corrected chi connectivity index (χ3v) is 4.79. The largest absolute Gasteiger partial charge is 0.268 e. The van der Waals surface area contributed by atoms with Gasteiger partial charge in [-0.3, -0.25) is 9.10 Å². The topological polar surface area (TPSA) is 37.4 Å². The Morgan fingerprint density at radius 3 is 2.73 bits per heavy atom. The van der Waals surface area contributed by atoms with Crippen molar-refractivity contribution in [2.24, 2.45) is 0 Å². The maximum atomic E-state index is 11.9. The molecule has 1 aliphatic heterocycles. The molecule has 5 heteroatoms. The summed E-state index contributed by atoms with van der Waals surface area (Å²) in [6.07, 6.45) is 0. The summed E-state index contributed by atoms with van der Waals surface area (Å²) in [5.74, 6) is -0.147. The van der Waals surface area contributed by atoms with Crippen LogP contribution in [0.15, 0.2) is 21.5 Å². The molecule has 2 rings (SSSR count). The SMILES string of the molecule is CCN1C(=O)c2cc(Br)c(C)cc2S1=O. The highest BCUT2D eigenvalue weighted by atomic mass is 79.9. The van der Waals surface area contributed by atoms with Gasteiger partial charge in [-0.15, -0.1) is 0 Å². The van der Waals surface area contributed by atoms with E-state index in [9.17, 15) is 9.00 Å². The maximum absolute atomic E-state index is 11.9. The molecule has 0 saturated heterocycles. The first-order valence-electron chi connectivity index (χ1n) is 4.60. The van der Waals surface area contributed by atoms with Gasteiger partial charge in [0.2, 0.25) is 0 Å². The molecule has 80 valence electrons. The van der Waals surface area contributed by atoms with Crippen LogP contribution in [-0.4, -0.2) is 21.0 Å². The predicted molar refractivity (Wildman–Crippen MR) is 62.0 cm³/mol. The lowest BCUT2D eigenvalue weighted by molar-refractivity contribution is 0.0879. The summed E-state index contributed by atoms with van der Waals surface area (Å²) in [4.78, 5) is 12.4. The quantitative estimate of drug-likeness (QED) is 0.795. The van der Waals surface area contributed by atoms with Crippen molar-refractivity contribution in [1.82, 2.24) is 4.31 Å². The first kappa shape index (κ1) is 10.8. The van der Waals surface area contributed by atoms with Gasteiger partial charge in [0.1, 0.15) is 0 Å². The first-order chi connectivity index (χ1) is 7.06. The van der Waals surface area contributed by atoms with Gasteiger partial charge in [0, 0.05) is 11.0 Å². The number of aryl methyl sites for hydroxylation is 1. The van der Waals surface area contributed by atoms with Gasteiger partial charge in [-0.05, 0) is 31.5 Å². The molecule has 0 N–H and O–H groups in total. The van der Waals surface area contributed by atoms with Gasteiger partial charge < -0.3 is 0 Å². The van der Waals surface area contributed by atoms with E-state index in [0.29, 0.717) is 17.0 Å². The molecular formula is C10H10BrNO2S. The van der Waals surface area contributed by atoms with Crippen LogP contribution in [0.1, 0.15) is 22.8 Å². The first-order valence-corrected chi connectivity index (χ1v) is 6.50. The lowest BCUT2D eigenvalue weighted by Crippen LogP contribution is -2.25. The summed E-state index contributed by atoms with van der Waals surface area (Å²) >= 11 is 3.37. The summed E-state index contributed by atoms with van der Waals surface area (Å²) in [5.41, 5.74) is 1.54. The van der Waals surface area contributed by atoms with E-state index in [0.717, 1.165) is 10.0 Å². The molecule has 1 unspecified atom stereocenters. The summed E-state index contributed by atoms with van der Waals surface area (Å²) in [7, 11) is -1.32. The van der Waals surface area contributed by atoms with E-state index in [-0.39, 0.29) is 5.91 Å². The lowest BCUT2D eigenvalue weighted by atomic mass is 10.1. The van der Waals surface area contributed by atoms with Crippen LogP contribution >= 0.6 is 15.9 Å². The zero-order valence-corrected chi connectivity index (χ0v) is 10.8. The number of hydrogen-bond donors (Lipinski definition) is 0. The maximum Gasteiger partial charge on any atom is 0.267 e. The third kappa shape index (κ3) is 1.54. The van der Waals surface area contributed by atoms with Crippen LogP contribution < -0.4 is 0 Å². The molecule has 3 nitrogen and oxygen atoms in total. The number of hydrogen-bond acceptors (Lipinski definition) is 2. The number of halogens is 1. The van der Waals surface area contributed by atoms with Gasteiger partial charge >= 0.3 is 0 Å². The minimum atomic E-state index is -1.32. The van der Waals surface area contributed by atoms with Crippen molar-refractivity contribution >= 4 is 32.8 Å². The Labute approximate surface area is 99.2 Å². The molecule has 15 heavy (non-hydrogen) atoms. The number of carbonyl (C=O) groups excluding carboxylic acids is 1. The average molecular weight is 288 g/mol. The van der Waals surface area contributed by atoms with E-state index >= 15 is 0 Å². The van der Waals surface area contributed by atoms with Crippen molar-refractivity contribution in [3.8, 4) is 0 Å². The Bertz CT molecular complexity index is 432. The number of amides is 1. The van der Waals surface area contributed by atoms with E-state index < -0.39 is 11.0 Å². The second-order valence-electron chi connectivity index (χ2n) is 3.35. The minimum absolute atomic E-state index is 0.147. The zero-order valence-electron chi connectivity index (χ0n) is 8.41. The number of fused-ring (bicyclic) bond motifs is 1. The van der Waals surface area contributed by atoms with Crippen molar-refractivity contribution in [3.63, 3.8) is 0 Å². The molecule has 0 aromatic heterocycles. The lowest BCUT2D eigenvalue weighted by Gasteiger charge is -2.09. The number of nitrogens with zero attached hydrogens (tertiary/aromatic N) is 1. The van der Waals surface area contributed by atoms with Crippen molar-refractivity contribution in [1.29, 1.82) is 0 Å². The molecule has 0 aliphatic carbocycles. The minimum Gasteiger partial charge on any atom is -0.268 e. The Kier molecular flexibility index (Phi) is 2.68. The van der Waals surface area contributed by atoms with Crippen LogP contribution in [0.2, 0.25) is 0 Å². The van der Waals surface area contributed by atoms with Gasteiger partial charge in [-0.1, -0.05) is 15.9 Å². The van der Waals surface area contributed by atoms with E-state index in [1.54, 1.807) is 6.07 Å². The molecule has 1 aromatic carbocycles. The van der Waals surface area contributed by atoms with E-state index in [4.69, 9.17) is 0 Å². The average Bonchev–Trinajstić information content (AvgIpc) is 2.42. The molecule has 0 bridgehead atoms. The molecule has 0 radical (unpaired) electrons. The van der Waals surface area contributed by atoms with Crippen LogP contribution in [0.3, 0.4) is 0 Å². The zero-order chi connectivity index (χ0) is 11.2. The monoisotopic (exact) mass is 287 g/mol. The van der Waals surface area contributed by atoms with Gasteiger partial charge in [0.05, 0.1) is 10.5 Å². The van der Waals surface area contributed by atoms with Crippen molar-refractivity contribution in [2.45, 2.75) is 18.7 Å². The summed E-state index contributed by atoms with van der Waals surface area (Å²) in [6, 6.07) is 3.56. The fourth-order valence-corrected chi connectivity index (χ4v) is 3.23. The molecule has 1 aromatic rings. The van der Waals surface area contributed by atoms with Crippen LogP contribution in [0.25, 0.3) is 0 Å². The summed E-state index contributed by atoms with van der Waals surface area (Å²) < 4.78 is 14.2. The normalized spacial score (nSPS) is 19.5. The third-order valence-electron chi connectivity index (χ3n) is 2.39. The molecule has 0 fully saturated rings. The second-order valence-corrected chi connectivity index (χ2v) is 5.58. The molecule has 1 atom stereocenters.